The van der Waals surface area contributed by atoms with E-state index in [1.54, 1.807) is 0 Å². The van der Waals surface area contributed by atoms with Crippen LogP contribution in [-0.2, 0) is 0 Å². The molecule has 2 aliphatic heterocycles. The van der Waals surface area contributed by atoms with Gasteiger partial charge in [-0.2, -0.15) is 0 Å². The van der Waals surface area contributed by atoms with Crippen LogP contribution in [0.15, 0.2) is 0 Å². The maximum Gasteiger partial charge on any atom is 0.0236 e. The third-order valence-electron chi connectivity index (χ3n) is 3.03. The van der Waals surface area contributed by atoms with E-state index in [2.05, 4.69) is 22.2 Å². The van der Waals surface area contributed by atoms with Crippen molar-refractivity contribution in [2.75, 3.05) is 46.3 Å². The van der Waals surface area contributed by atoms with Crippen LogP contribution in [0.25, 0.3) is 0 Å². The van der Waals surface area contributed by atoms with Gasteiger partial charge in [0, 0.05) is 38.8 Å². The van der Waals surface area contributed by atoms with Crippen molar-refractivity contribution in [3.8, 4) is 0 Å². The number of rotatable bonds is 1. The molecule has 0 aromatic carbocycles. The van der Waals surface area contributed by atoms with E-state index in [9.17, 15) is 0 Å². The zero-order valence-electron chi connectivity index (χ0n) is 9.92. The van der Waals surface area contributed by atoms with E-state index >= 15 is 0 Å². The van der Waals surface area contributed by atoms with Gasteiger partial charge < -0.3 is 10.2 Å². The number of piperazine rings is 1. The van der Waals surface area contributed by atoms with Gasteiger partial charge in [0.15, 0.2) is 0 Å². The summed E-state index contributed by atoms with van der Waals surface area (Å²) in [5.41, 5.74) is 0. The highest BCUT2D eigenvalue weighted by Gasteiger charge is 2.25. The second-order valence-corrected chi connectivity index (χ2v) is 3.99. The molecule has 3 heteroatoms. The van der Waals surface area contributed by atoms with Crippen LogP contribution in [0, 0.1) is 0 Å². The zero-order chi connectivity index (χ0) is 10.4. The first-order valence-corrected chi connectivity index (χ1v) is 5.99. The Labute approximate surface area is 88.5 Å². The fourth-order valence-electron chi connectivity index (χ4n) is 2.26. The van der Waals surface area contributed by atoms with Gasteiger partial charge in [0.1, 0.15) is 0 Å². The van der Waals surface area contributed by atoms with Gasteiger partial charge in [0.25, 0.3) is 0 Å². The van der Waals surface area contributed by atoms with Crippen LogP contribution in [-0.4, -0.2) is 62.2 Å². The minimum Gasteiger partial charge on any atom is -0.314 e. The monoisotopic (exact) mass is 199 g/mol. The Hall–Kier alpha value is -0.120. The van der Waals surface area contributed by atoms with Crippen LogP contribution in [0.1, 0.15) is 20.3 Å². The highest BCUT2D eigenvalue weighted by Crippen LogP contribution is 2.13. The molecule has 1 atom stereocenters. The minimum atomic E-state index is 0.845. The number of nitrogens with one attached hydrogen (secondary N) is 1. The van der Waals surface area contributed by atoms with Crippen molar-refractivity contribution in [3.05, 3.63) is 0 Å². The quantitative estimate of drug-likeness (QED) is 0.668. The van der Waals surface area contributed by atoms with Crippen molar-refractivity contribution in [3.63, 3.8) is 0 Å². The Bertz CT molecular complexity index is 141. The Morgan fingerprint density at radius 3 is 2.21 bits per heavy atom. The van der Waals surface area contributed by atoms with E-state index in [-0.39, 0.29) is 0 Å². The first-order chi connectivity index (χ1) is 6.86. The minimum absolute atomic E-state index is 0.845. The van der Waals surface area contributed by atoms with Crippen molar-refractivity contribution < 1.29 is 0 Å². The summed E-state index contributed by atoms with van der Waals surface area (Å²) in [5, 5.41) is 3.39. The van der Waals surface area contributed by atoms with Gasteiger partial charge >= 0.3 is 0 Å². The summed E-state index contributed by atoms with van der Waals surface area (Å²) in [4.78, 5) is 5.08. The lowest BCUT2D eigenvalue weighted by molar-refractivity contribution is 0.175. The fourth-order valence-corrected chi connectivity index (χ4v) is 2.26. The normalized spacial score (nSPS) is 29.8. The third-order valence-corrected chi connectivity index (χ3v) is 3.03. The van der Waals surface area contributed by atoms with Gasteiger partial charge in [-0.3, -0.25) is 4.90 Å². The van der Waals surface area contributed by atoms with Gasteiger partial charge in [-0.25, -0.2) is 0 Å². The molecular formula is C11H25N3. The van der Waals surface area contributed by atoms with Crippen LogP contribution in [0.3, 0.4) is 0 Å². The van der Waals surface area contributed by atoms with Crippen molar-refractivity contribution in [1.82, 2.24) is 15.1 Å². The Kier molecular flexibility index (Phi) is 5.45. The summed E-state index contributed by atoms with van der Waals surface area (Å²) in [7, 11) is 2.22. The van der Waals surface area contributed by atoms with Crippen LogP contribution in [0.5, 0.6) is 0 Å². The zero-order valence-corrected chi connectivity index (χ0v) is 9.92. The predicted molar refractivity (Wildman–Crippen MR) is 61.7 cm³/mol. The maximum atomic E-state index is 3.39. The second kappa shape index (κ2) is 6.38. The molecule has 2 heterocycles. The van der Waals surface area contributed by atoms with E-state index in [4.69, 9.17) is 0 Å². The largest absolute Gasteiger partial charge is 0.314 e. The van der Waals surface area contributed by atoms with Gasteiger partial charge in [-0.1, -0.05) is 13.8 Å². The van der Waals surface area contributed by atoms with Crippen molar-refractivity contribution in [2.45, 2.75) is 26.3 Å². The molecule has 0 bridgehead atoms. The van der Waals surface area contributed by atoms with E-state index in [1.165, 1.54) is 45.7 Å². The predicted octanol–water partition coefficient (Wildman–Crippen LogP) is 0.622. The highest BCUT2D eigenvalue weighted by atomic mass is 15.3. The van der Waals surface area contributed by atoms with E-state index < -0.39 is 0 Å². The SMILES string of the molecule is CC.CN1CCC(N2CCNCC2)C1. The molecule has 1 unspecified atom stereocenters. The van der Waals surface area contributed by atoms with Gasteiger partial charge in [-0.15, -0.1) is 0 Å². The molecule has 0 saturated carbocycles. The Morgan fingerprint density at radius 1 is 1.07 bits per heavy atom. The summed E-state index contributed by atoms with van der Waals surface area (Å²) in [6.45, 7) is 11.4. The molecule has 14 heavy (non-hydrogen) atoms. The molecule has 0 radical (unpaired) electrons. The molecule has 0 aromatic rings. The summed E-state index contributed by atoms with van der Waals surface area (Å²) in [5.74, 6) is 0. The number of likely N-dealkylation sites (N-methyl/N-ethyl adjacent to an activating group) is 1. The van der Waals surface area contributed by atoms with Gasteiger partial charge in [-0.05, 0) is 20.0 Å². The molecule has 0 amide bonds. The summed E-state index contributed by atoms with van der Waals surface area (Å²) in [6.07, 6.45) is 1.37. The Balaban J connectivity index is 0.000000461. The molecule has 2 aliphatic rings. The average Bonchev–Trinajstić information content (AvgIpc) is 2.69. The topological polar surface area (TPSA) is 18.5 Å². The lowest BCUT2D eigenvalue weighted by Crippen LogP contribution is -2.49. The van der Waals surface area contributed by atoms with E-state index in [1.807, 2.05) is 13.8 Å². The lowest BCUT2D eigenvalue weighted by Gasteiger charge is -2.32. The lowest BCUT2D eigenvalue weighted by atomic mass is 10.2. The average molecular weight is 199 g/mol. The molecule has 1 N–H and O–H groups in total. The summed E-state index contributed by atoms with van der Waals surface area (Å²) in [6, 6.07) is 0.845. The van der Waals surface area contributed by atoms with Crippen LogP contribution >= 0.6 is 0 Å². The van der Waals surface area contributed by atoms with Crippen LogP contribution in [0.4, 0.5) is 0 Å². The number of nitrogens with zero attached hydrogens (tertiary/aromatic N) is 2. The number of likely N-dealkylation sites (tertiary alicyclic amines) is 1. The molecule has 3 nitrogen and oxygen atoms in total. The smallest absolute Gasteiger partial charge is 0.0236 e. The standard InChI is InChI=1S/C9H19N3.C2H6/c1-11-5-2-9(8-11)12-6-3-10-4-7-12;1-2/h9-10H,2-8H2,1H3;1-2H3. The Morgan fingerprint density at radius 2 is 1.71 bits per heavy atom. The highest BCUT2D eigenvalue weighted by molar-refractivity contribution is 4.83. The summed E-state index contributed by atoms with van der Waals surface area (Å²) >= 11 is 0. The number of hydrogen-bond acceptors (Lipinski definition) is 3. The van der Waals surface area contributed by atoms with Crippen molar-refractivity contribution in [2.24, 2.45) is 0 Å². The molecule has 2 rings (SSSR count). The molecule has 2 fully saturated rings. The molecule has 0 spiro atoms. The molecule has 0 aromatic heterocycles. The maximum absolute atomic E-state index is 3.39. The first-order valence-electron chi connectivity index (χ1n) is 5.99. The third kappa shape index (κ3) is 3.23. The molecular weight excluding hydrogens is 174 g/mol. The summed E-state index contributed by atoms with van der Waals surface area (Å²) < 4.78 is 0. The molecule has 84 valence electrons. The van der Waals surface area contributed by atoms with Crippen LogP contribution < -0.4 is 5.32 Å². The van der Waals surface area contributed by atoms with Crippen molar-refractivity contribution in [1.29, 1.82) is 0 Å². The van der Waals surface area contributed by atoms with Gasteiger partial charge in [0.2, 0.25) is 0 Å². The number of hydrogen-bond donors (Lipinski definition) is 1. The fraction of sp³-hybridized carbons (Fsp3) is 1.00. The molecule has 0 aliphatic carbocycles. The van der Waals surface area contributed by atoms with E-state index in [0.29, 0.717) is 0 Å². The molecule has 2 saturated heterocycles. The van der Waals surface area contributed by atoms with Gasteiger partial charge in [0.05, 0.1) is 0 Å². The second-order valence-electron chi connectivity index (χ2n) is 3.99. The van der Waals surface area contributed by atoms with Crippen molar-refractivity contribution >= 4 is 0 Å². The van der Waals surface area contributed by atoms with Crippen LogP contribution in [0.2, 0.25) is 0 Å². The van der Waals surface area contributed by atoms with E-state index in [0.717, 1.165) is 6.04 Å². The first kappa shape index (κ1) is 12.0.